The monoisotopic (exact) mass is 472 g/mol. The maximum atomic E-state index is 13.2. The highest BCUT2D eigenvalue weighted by atomic mass is 35.5. The molecule has 0 radical (unpaired) electrons. The fourth-order valence-corrected chi connectivity index (χ4v) is 4.97. The minimum Gasteiger partial charge on any atom is -0.482 e. The SMILES string of the molecule is Cc1nc2c(s1)C(c1cc(Cl)ccc1OCC(=O)O)N(C(=O)OCc1ccccc1)CC2. The number of nitrogens with zero attached hydrogens (tertiary/aromatic N) is 2. The van der Waals surface area contributed by atoms with Crippen molar-refractivity contribution in [2.75, 3.05) is 13.2 Å². The third-order valence-corrected chi connectivity index (χ3v) is 6.34. The van der Waals surface area contributed by atoms with Gasteiger partial charge in [0.25, 0.3) is 0 Å². The zero-order valence-electron chi connectivity index (χ0n) is 17.3. The van der Waals surface area contributed by atoms with Gasteiger partial charge in [-0.05, 0) is 30.7 Å². The summed E-state index contributed by atoms with van der Waals surface area (Å²) in [6.07, 6.45) is 0.127. The molecule has 0 bridgehead atoms. The molecule has 1 N–H and O–H groups in total. The summed E-state index contributed by atoms with van der Waals surface area (Å²) in [6.45, 7) is 1.96. The second kappa shape index (κ2) is 9.58. The van der Waals surface area contributed by atoms with Gasteiger partial charge in [-0.3, -0.25) is 4.90 Å². The van der Waals surface area contributed by atoms with Crippen LogP contribution in [-0.4, -0.2) is 40.2 Å². The van der Waals surface area contributed by atoms with Crippen molar-refractivity contribution in [3.05, 3.63) is 80.3 Å². The highest BCUT2D eigenvalue weighted by molar-refractivity contribution is 7.11. The molecule has 1 atom stereocenters. The Kier molecular flexibility index (Phi) is 6.62. The Balaban J connectivity index is 1.69. The molecule has 0 spiro atoms. The van der Waals surface area contributed by atoms with E-state index in [1.807, 2.05) is 37.3 Å². The molecule has 9 heteroatoms. The van der Waals surface area contributed by atoms with Crippen LogP contribution in [0.1, 0.15) is 32.7 Å². The fourth-order valence-electron chi connectivity index (χ4n) is 3.69. The van der Waals surface area contributed by atoms with Gasteiger partial charge in [0.2, 0.25) is 0 Å². The van der Waals surface area contributed by atoms with Gasteiger partial charge in [0, 0.05) is 23.6 Å². The van der Waals surface area contributed by atoms with Crippen molar-refractivity contribution in [3.63, 3.8) is 0 Å². The molecule has 166 valence electrons. The second-order valence-corrected chi connectivity index (χ2v) is 8.97. The minimum atomic E-state index is -1.09. The van der Waals surface area contributed by atoms with Gasteiger partial charge in [0.15, 0.2) is 6.61 Å². The van der Waals surface area contributed by atoms with Gasteiger partial charge in [-0.25, -0.2) is 14.6 Å². The molecule has 1 aliphatic heterocycles. The molecule has 1 aliphatic rings. The third-order valence-electron chi connectivity index (χ3n) is 5.04. The lowest BCUT2D eigenvalue weighted by Gasteiger charge is -2.35. The number of aliphatic carboxylic acids is 1. The number of hydrogen-bond acceptors (Lipinski definition) is 6. The van der Waals surface area contributed by atoms with Crippen LogP contribution in [0.3, 0.4) is 0 Å². The number of aryl methyl sites for hydroxylation is 1. The van der Waals surface area contributed by atoms with Gasteiger partial charge >= 0.3 is 12.1 Å². The Labute approximate surface area is 194 Å². The van der Waals surface area contributed by atoms with E-state index in [0.29, 0.717) is 29.3 Å². The Hall–Kier alpha value is -3.10. The van der Waals surface area contributed by atoms with E-state index in [1.165, 1.54) is 11.3 Å². The zero-order valence-corrected chi connectivity index (χ0v) is 18.9. The van der Waals surface area contributed by atoms with Crippen molar-refractivity contribution in [1.29, 1.82) is 0 Å². The first-order valence-corrected chi connectivity index (χ1v) is 11.2. The normalized spacial score (nSPS) is 15.2. The van der Waals surface area contributed by atoms with Crippen LogP contribution in [-0.2, 0) is 22.6 Å². The van der Waals surface area contributed by atoms with Gasteiger partial charge in [-0.15, -0.1) is 11.3 Å². The van der Waals surface area contributed by atoms with Gasteiger partial charge in [-0.1, -0.05) is 41.9 Å². The van der Waals surface area contributed by atoms with E-state index >= 15 is 0 Å². The summed E-state index contributed by atoms with van der Waals surface area (Å²) < 4.78 is 11.1. The first-order chi connectivity index (χ1) is 15.4. The number of hydrogen-bond donors (Lipinski definition) is 1. The number of ether oxygens (including phenoxy) is 2. The van der Waals surface area contributed by atoms with Crippen LogP contribution in [0.2, 0.25) is 5.02 Å². The smallest absolute Gasteiger partial charge is 0.410 e. The van der Waals surface area contributed by atoms with Crippen LogP contribution in [0.25, 0.3) is 0 Å². The highest BCUT2D eigenvalue weighted by Gasteiger charge is 2.37. The molecular weight excluding hydrogens is 452 g/mol. The van der Waals surface area contributed by atoms with E-state index in [9.17, 15) is 9.59 Å². The predicted octanol–water partition coefficient (Wildman–Crippen LogP) is 4.85. The van der Waals surface area contributed by atoms with E-state index < -0.39 is 24.7 Å². The van der Waals surface area contributed by atoms with Gasteiger partial charge in [0.1, 0.15) is 18.4 Å². The molecule has 0 aliphatic carbocycles. The summed E-state index contributed by atoms with van der Waals surface area (Å²) >= 11 is 7.77. The Morgan fingerprint density at radius 1 is 1.25 bits per heavy atom. The molecule has 1 aromatic heterocycles. The molecule has 0 saturated carbocycles. The molecule has 2 aromatic carbocycles. The average Bonchev–Trinajstić information content (AvgIpc) is 3.16. The molecule has 3 aromatic rings. The van der Waals surface area contributed by atoms with E-state index in [-0.39, 0.29) is 6.61 Å². The number of carbonyl (C=O) groups excluding carboxylic acids is 1. The molecule has 7 nitrogen and oxygen atoms in total. The number of thiazole rings is 1. The van der Waals surface area contributed by atoms with Crippen molar-refractivity contribution in [2.45, 2.75) is 26.0 Å². The van der Waals surface area contributed by atoms with Crippen molar-refractivity contribution >= 4 is 35.0 Å². The molecule has 1 amide bonds. The summed E-state index contributed by atoms with van der Waals surface area (Å²) in [7, 11) is 0. The molecule has 0 fully saturated rings. The molecular formula is C23H21ClN2O5S. The van der Waals surface area contributed by atoms with Crippen LogP contribution in [0, 0.1) is 6.92 Å². The van der Waals surface area contributed by atoms with Crippen LogP contribution in [0.4, 0.5) is 4.79 Å². The number of carboxylic acids is 1. The van der Waals surface area contributed by atoms with E-state index in [4.69, 9.17) is 26.2 Å². The van der Waals surface area contributed by atoms with Crippen LogP contribution in [0.5, 0.6) is 5.75 Å². The van der Waals surface area contributed by atoms with Gasteiger partial charge in [0.05, 0.1) is 15.6 Å². The fraction of sp³-hybridized carbons (Fsp3) is 0.261. The first kappa shape index (κ1) is 22.1. The number of amides is 1. The van der Waals surface area contributed by atoms with E-state index in [2.05, 4.69) is 4.98 Å². The average molecular weight is 473 g/mol. The third kappa shape index (κ3) is 4.87. The number of rotatable bonds is 6. The van der Waals surface area contributed by atoms with E-state index in [0.717, 1.165) is 21.1 Å². The number of benzene rings is 2. The molecule has 2 heterocycles. The summed E-state index contributed by atoms with van der Waals surface area (Å²) in [6, 6.07) is 13.9. The van der Waals surface area contributed by atoms with E-state index in [1.54, 1.807) is 23.1 Å². The van der Waals surface area contributed by atoms with Crippen LogP contribution < -0.4 is 4.74 Å². The number of halogens is 1. The maximum Gasteiger partial charge on any atom is 0.410 e. The molecule has 4 rings (SSSR count). The largest absolute Gasteiger partial charge is 0.482 e. The maximum absolute atomic E-state index is 13.2. The molecule has 1 unspecified atom stereocenters. The summed E-state index contributed by atoms with van der Waals surface area (Å²) in [5.41, 5.74) is 2.39. The van der Waals surface area contributed by atoms with Gasteiger partial charge in [-0.2, -0.15) is 0 Å². The quantitative estimate of drug-likeness (QED) is 0.551. The van der Waals surface area contributed by atoms with Crippen molar-refractivity contribution < 1.29 is 24.2 Å². The Morgan fingerprint density at radius 2 is 2.03 bits per heavy atom. The van der Waals surface area contributed by atoms with Crippen LogP contribution >= 0.6 is 22.9 Å². The highest BCUT2D eigenvalue weighted by Crippen LogP contribution is 2.43. The lowest BCUT2D eigenvalue weighted by Crippen LogP contribution is -2.40. The van der Waals surface area contributed by atoms with Crippen molar-refractivity contribution in [2.24, 2.45) is 0 Å². The van der Waals surface area contributed by atoms with Gasteiger partial charge < -0.3 is 14.6 Å². The number of aromatic nitrogens is 1. The lowest BCUT2D eigenvalue weighted by molar-refractivity contribution is -0.139. The topological polar surface area (TPSA) is 89.0 Å². The summed E-state index contributed by atoms with van der Waals surface area (Å²) in [4.78, 5) is 31.4. The Morgan fingerprint density at radius 3 is 2.78 bits per heavy atom. The van der Waals surface area contributed by atoms with Crippen molar-refractivity contribution in [3.8, 4) is 5.75 Å². The Bertz CT molecular complexity index is 1130. The second-order valence-electron chi connectivity index (χ2n) is 7.29. The lowest BCUT2D eigenvalue weighted by atomic mass is 9.97. The predicted molar refractivity (Wildman–Crippen MR) is 120 cm³/mol. The number of carboxylic acid groups (broad SMARTS) is 1. The van der Waals surface area contributed by atoms with Crippen LogP contribution in [0.15, 0.2) is 48.5 Å². The minimum absolute atomic E-state index is 0.148. The number of carbonyl (C=O) groups is 2. The first-order valence-electron chi connectivity index (χ1n) is 10.00. The van der Waals surface area contributed by atoms with Crippen molar-refractivity contribution in [1.82, 2.24) is 9.88 Å². The summed E-state index contributed by atoms with van der Waals surface area (Å²) in [5.74, 6) is -0.746. The molecule has 32 heavy (non-hydrogen) atoms. The number of fused-ring (bicyclic) bond motifs is 1. The molecule has 0 saturated heterocycles. The summed E-state index contributed by atoms with van der Waals surface area (Å²) in [5, 5.41) is 10.4. The standard InChI is InChI=1S/C23H21ClN2O5S/c1-14-25-18-9-10-26(23(29)31-12-15-5-3-2-4-6-15)21(22(18)32-14)17-11-16(24)7-8-19(17)30-13-20(27)28/h2-8,11,21H,9-10,12-13H2,1H3,(H,27,28). The zero-order chi connectivity index (χ0) is 22.7.